The third-order valence-corrected chi connectivity index (χ3v) is 5.91. The van der Waals surface area contributed by atoms with E-state index in [9.17, 15) is 4.79 Å². The van der Waals surface area contributed by atoms with Crippen molar-refractivity contribution in [3.63, 3.8) is 0 Å². The van der Waals surface area contributed by atoms with Crippen LogP contribution in [0.1, 0.15) is 0 Å². The molecule has 0 bridgehead atoms. The van der Waals surface area contributed by atoms with Crippen LogP contribution in [0.15, 0.2) is 67.5 Å². The van der Waals surface area contributed by atoms with E-state index in [-0.39, 0.29) is 5.91 Å². The average molecular weight is 397 g/mol. The van der Waals surface area contributed by atoms with Gasteiger partial charge in [-0.05, 0) is 34.5 Å². The number of piperazine rings is 1. The van der Waals surface area contributed by atoms with Gasteiger partial charge < -0.3 is 14.4 Å². The van der Waals surface area contributed by atoms with Crippen molar-refractivity contribution in [2.75, 3.05) is 31.1 Å². The maximum Gasteiger partial charge on any atom is 0.246 e. The molecule has 1 aliphatic rings. The highest BCUT2D eigenvalue weighted by Gasteiger charge is 2.23. The summed E-state index contributed by atoms with van der Waals surface area (Å²) in [5.74, 6) is 0.911. The number of carbonyl (C=O) groups excluding carboxylic acids is 1. The second-order valence-corrected chi connectivity index (χ2v) is 7.60. The molecule has 150 valence electrons. The van der Waals surface area contributed by atoms with Crippen LogP contribution < -0.4 is 4.90 Å². The first-order chi connectivity index (χ1) is 14.7. The number of rotatable bonds is 3. The summed E-state index contributed by atoms with van der Waals surface area (Å²) in [5, 5.41) is 3.48. The normalized spacial score (nSPS) is 14.4. The van der Waals surface area contributed by atoms with Crippen LogP contribution in [0.25, 0.3) is 33.1 Å². The van der Waals surface area contributed by atoms with E-state index in [2.05, 4.69) is 74.5 Å². The Balaban J connectivity index is 1.53. The highest BCUT2D eigenvalue weighted by atomic mass is 16.2. The predicted molar refractivity (Wildman–Crippen MR) is 120 cm³/mol. The molecular weight excluding hydrogens is 374 g/mol. The highest BCUT2D eigenvalue weighted by molar-refractivity contribution is 5.95. The molecule has 0 unspecified atom stereocenters. The monoisotopic (exact) mass is 397 g/mol. The number of aryl methyl sites for hydroxylation is 1. The Morgan fingerprint density at radius 3 is 2.53 bits per heavy atom. The van der Waals surface area contributed by atoms with Gasteiger partial charge in [0.15, 0.2) is 0 Å². The van der Waals surface area contributed by atoms with Gasteiger partial charge in [-0.1, -0.05) is 43.0 Å². The van der Waals surface area contributed by atoms with Crippen molar-refractivity contribution in [2.45, 2.75) is 0 Å². The van der Waals surface area contributed by atoms with E-state index in [0.29, 0.717) is 13.1 Å². The lowest BCUT2D eigenvalue weighted by atomic mass is 10.1. The number of fused-ring (bicyclic) bond motifs is 2. The molecule has 30 heavy (non-hydrogen) atoms. The number of carbonyl (C=O) groups is 1. The molecule has 6 heteroatoms. The molecule has 0 atom stereocenters. The lowest BCUT2D eigenvalue weighted by molar-refractivity contribution is -0.126. The zero-order chi connectivity index (χ0) is 20.7. The largest absolute Gasteiger partial charge is 0.352 e. The van der Waals surface area contributed by atoms with Crippen LogP contribution in [-0.2, 0) is 11.8 Å². The quantitative estimate of drug-likeness (QED) is 0.496. The minimum Gasteiger partial charge on any atom is -0.352 e. The van der Waals surface area contributed by atoms with Gasteiger partial charge in [-0.25, -0.2) is 9.97 Å². The molecule has 0 radical (unpaired) electrons. The van der Waals surface area contributed by atoms with Crippen molar-refractivity contribution in [1.29, 1.82) is 0 Å². The minimum absolute atomic E-state index is 0.0132. The van der Waals surface area contributed by atoms with E-state index in [0.717, 1.165) is 41.2 Å². The molecule has 3 heterocycles. The third kappa shape index (κ3) is 3.01. The van der Waals surface area contributed by atoms with Gasteiger partial charge in [0.2, 0.25) is 5.91 Å². The zero-order valence-electron chi connectivity index (χ0n) is 17.0. The number of benzene rings is 2. The first-order valence-corrected chi connectivity index (χ1v) is 10.1. The van der Waals surface area contributed by atoms with E-state index in [4.69, 9.17) is 0 Å². The van der Waals surface area contributed by atoms with Crippen molar-refractivity contribution >= 4 is 33.5 Å². The highest BCUT2D eigenvalue weighted by Crippen LogP contribution is 2.32. The standard InChI is InChI=1S/C24H23N5O/c1-3-22(30)28-10-12-29(13-11-28)24-20-15-21(27(2)23(20)25-16-26-24)19-9-8-17-6-4-5-7-18(17)14-19/h3-9,14-16H,1,10-13H2,2H3. The molecule has 6 nitrogen and oxygen atoms in total. The van der Waals surface area contributed by atoms with E-state index < -0.39 is 0 Å². The van der Waals surface area contributed by atoms with Gasteiger partial charge in [0, 0.05) is 33.2 Å². The maximum atomic E-state index is 11.9. The molecule has 0 spiro atoms. The summed E-state index contributed by atoms with van der Waals surface area (Å²) < 4.78 is 2.13. The minimum atomic E-state index is -0.0132. The van der Waals surface area contributed by atoms with Crippen molar-refractivity contribution < 1.29 is 4.79 Å². The number of hydrogen-bond donors (Lipinski definition) is 0. The Morgan fingerprint density at radius 1 is 1.00 bits per heavy atom. The number of amides is 1. The van der Waals surface area contributed by atoms with Gasteiger partial charge >= 0.3 is 0 Å². The van der Waals surface area contributed by atoms with Gasteiger partial charge in [0.25, 0.3) is 0 Å². The molecule has 5 rings (SSSR count). The topological polar surface area (TPSA) is 54.3 Å². The lowest BCUT2D eigenvalue weighted by Crippen LogP contribution is -2.48. The molecule has 1 saturated heterocycles. The van der Waals surface area contributed by atoms with Gasteiger partial charge in [-0.3, -0.25) is 4.79 Å². The average Bonchev–Trinajstić information content (AvgIpc) is 3.15. The summed E-state index contributed by atoms with van der Waals surface area (Å²) in [7, 11) is 2.05. The number of hydrogen-bond acceptors (Lipinski definition) is 4. The Bertz CT molecular complexity index is 1270. The summed E-state index contributed by atoms with van der Waals surface area (Å²) in [6, 6.07) is 17.1. The van der Waals surface area contributed by atoms with E-state index in [1.165, 1.54) is 16.8 Å². The lowest BCUT2D eigenvalue weighted by Gasteiger charge is -2.35. The number of anilines is 1. The Hall–Kier alpha value is -3.67. The van der Waals surface area contributed by atoms with Crippen molar-refractivity contribution in [2.24, 2.45) is 7.05 Å². The van der Waals surface area contributed by atoms with Crippen LogP contribution in [-0.4, -0.2) is 51.5 Å². The number of aromatic nitrogens is 3. The van der Waals surface area contributed by atoms with Gasteiger partial charge in [0.1, 0.15) is 17.8 Å². The predicted octanol–water partition coefficient (Wildman–Crippen LogP) is 3.62. The maximum absolute atomic E-state index is 11.9. The molecule has 1 aliphatic heterocycles. The van der Waals surface area contributed by atoms with Gasteiger partial charge in [-0.2, -0.15) is 0 Å². The molecular formula is C24H23N5O. The van der Waals surface area contributed by atoms with Crippen LogP contribution in [0.3, 0.4) is 0 Å². The van der Waals surface area contributed by atoms with E-state index in [1.807, 2.05) is 11.9 Å². The number of nitrogens with zero attached hydrogens (tertiary/aromatic N) is 5. The third-order valence-electron chi connectivity index (χ3n) is 5.91. The Labute approximate surface area is 175 Å². The fraction of sp³-hybridized carbons (Fsp3) is 0.208. The van der Waals surface area contributed by atoms with E-state index >= 15 is 0 Å². The SMILES string of the molecule is C=CC(=O)N1CCN(c2ncnc3c2cc(-c2ccc4ccccc4c2)n3C)CC1. The molecule has 2 aromatic carbocycles. The second kappa shape index (κ2) is 7.30. The van der Waals surface area contributed by atoms with E-state index in [1.54, 1.807) is 6.33 Å². The molecule has 2 aromatic heterocycles. The van der Waals surface area contributed by atoms with Crippen LogP contribution in [0.5, 0.6) is 0 Å². The summed E-state index contributed by atoms with van der Waals surface area (Å²) in [6.07, 6.45) is 3.01. The van der Waals surface area contributed by atoms with Crippen LogP contribution >= 0.6 is 0 Å². The molecule has 0 saturated carbocycles. The van der Waals surface area contributed by atoms with Gasteiger partial charge in [-0.15, -0.1) is 0 Å². The van der Waals surface area contributed by atoms with Crippen molar-refractivity contribution in [3.05, 3.63) is 67.5 Å². The Kier molecular flexibility index (Phi) is 4.47. The molecule has 0 N–H and O–H groups in total. The summed E-state index contributed by atoms with van der Waals surface area (Å²) in [4.78, 5) is 25.1. The fourth-order valence-corrected chi connectivity index (χ4v) is 4.27. The van der Waals surface area contributed by atoms with Crippen LogP contribution in [0.2, 0.25) is 0 Å². The molecule has 4 aromatic rings. The smallest absolute Gasteiger partial charge is 0.246 e. The summed E-state index contributed by atoms with van der Waals surface area (Å²) in [6.45, 7) is 6.40. The fourth-order valence-electron chi connectivity index (χ4n) is 4.27. The second-order valence-electron chi connectivity index (χ2n) is 7.60. The first-order valence-electron chi connectivity index (χ1n) is 10.1. The van der Waals surface area contributed by atoms with Crippen molar-refractivity contribution in [3.8, 4) is 11.3 Å². The first kappa shape index (κ1) is 18.4. The van der Waals surface area contributed by atoms with Crippen molar-refractivity contribution in [1.82, 2.24) is 19.4 Å². The Morgan fingerprint density at radius 2 is 1.77 bits per heavy atom. The molecule has 0 aliphatic carbocycles. The van der Waals surface area contributed by atoms with Crippen LogP contribution in [0, 0.1) is 0 Å². The molecule has 1 fully saturated rings. The van der Waals surface area contributed by atoms with Gasteiger partial charge in [0.05, 0.1) is 11.1 Å². The summed E-state index contributed by atoms with van der Waals surface area (Å²) >= 11 is 0. The molecule has 1 amide bonds. The van der Waals surface area contributed by atoms with Crippen LogP contribution in [0.4, 0.5) is 5.82 Å². The summed E-state index contributed by atoms with van der Waals surface area (Å²) in [5.41, 5.74) is 3.17. The zero-order valence-corrected chi connectivity index (χ0v) is 17.0.